The largest absolute Gasteiger partial charge is 0.423 e. The van der Waals surface area contributed by atoms with Crippen molar-refractivity contribution in [3.05, 3.63) is 70.6 Å². The molecule has 7 nitrogen and oxygen atoms in total. The molecule has 0 spiro atoms. The lowest BCUT2D eigenvalue weighted by Crippen LogP contribution is -2.00. The first-order chi connectivity index (χ1) is 11.7. The van der Waals surface area contributed by atoms with Gasteiger partial charge in [0, 0.05) is 17.5 Å². The molecule has 0 amide bonds. The van der Waals surface area contributed by atoms with Gasteiger partial charge in [-0.25, -0.2) is 4.79 Å². The smallest absolute Gasteiger partial charge is 0.345 e. The molecule has 24 heavy (non-hydrogen) atoms. The highest BCUT2D eigenvalue weighted by Crippen LogP contribution is 2.26. The van der Waals surface area contributed by atoms with E-state index in [0.29, 0.717) is 11.3 Å². The van der Waals surface area contributed by atoms with Crippen molar-refractivity contribution in [2.75, 3.05) is 0 Å². The maximum atomic E-state index is 11.5. The number of para-hydroxylation sites is 1. The van der Waals surface area contributed by atoms with E-state index in [1.807, 2.05) is 43.3 Å². The summed E-state index contributed by atoms with van der Waals surface area (Å²) in [6.45, 7) is 1.86. The number of benzene rings is 2. The van der Waals surface area contributed by atoms with Gasteiger partial charge in [0.15, 0.2) is 0 Å². The molecule has 0 saturated carbocycles. The summed E-state index contributed by atoms with van der Waals surface area (Å²) in [6, 6.07) is 16.3. The van der Waals surface area contributed by atoms with E-state index >= 15 is 0 Å². The lowest BCUT2D eigenvalue weighted by atomic mass is 10.1. The van der Waals surface area contributed by atoms with Gasteiger partial charge in [0.05, 0.1) is 5.69 Å². The molecule has 0 bridgehead atoms. The molecule has 2 heterocycles. The normalized spacial score (nSPS) is 10.9. The van der Waals surface area contributed by atoms with E-state index in [4.69, 9.17) is 9.15 Å². The van der Waals surface area contributed by atoms with Crippen LogP contribution in [0.1, 0.15) is 5.56 Å². The van der Waals surface area contributed by atoms with Gasteiger partial charge in [0.2, 0.25) is 0 Å². The molecule has 0 unspecified atom stereocenters. The number of fused-ring (bicyclic) bond motifs is 1. The van der Waals surface area contributed by atoms with Crippen LogP contribution in [0, 0.1) is 6.92 Å². The summed E-state index contributed by atoms with van der Waals surface area (Å²) >= 11 is 0. The molecule has 0 aliphatic heterocycles. The van der Waals surface area contributed by atoms with Gasteiger partial charge < -0.3 is 9.15 Å². The lowest BCUT2D eigenvalue weighted by Gasteiger charge is -2.07. The Balaban J connectivity index is 1.73. The van der Waals surface area contributed by atoms with Crippen molar-refractivity contribution in [3.8, 4) is 17.4 Å². The molecule has 0 radical (unpaired) electrons. The molecular weight excluding hydrogens is 308 g/mol. The Hall–Kier alpha value is -3.48. The first kappa shape index (κ1) is 14.1. The van der Waals surface area contributed by atoms with Crippen LogP contribution in [0.2, 0.25) is 0 Å². The van der Waals surface area contributed by atoms with Gasteiger partial charge in [-0.2, -0.15) is 4.68 Å². The second-order valence-electron chi connectivity index (χ2n) is 5.22. The summed E-state index contributed by atoms with van der Waals surface area (Å²) in [5, 5.41) is 12.3. The van der Waals surface area contributed by atoms with E-state index < -0.39 is 5.63 Å². The Kier molecular flexibility index (Phi) is 3.31. The van der Waals surface area contributed by atoms with Crippen molar-refractivity contribution in [1.29, 1.82) is 0 Å². The SMILES string of the molecule is Cc1cc(=O)oc2cc(Oc3nnnn3-c3ccccc3)ccc12. The summed E-state index contributed by atoms with van der Waals surface area (Å²) < 4.78 is 12.5. The van der Waals surface area contributed by atoms with Gasteiger partial charge in [0.25, 0.3) is 0 Å². The Morgan fingerprint density at radius 3 is 2.75 bits per heavy atom. The lowest BCUT2D eigenvalue weighted by molar-refractivity contribution is 0.426. The Morgan fingerprint density at radius 1 is 1.08 bits per heavy atom. The van der Waals surface area contributed by atoms with E-state index in [2.05, 4.69) is 15.5 Å². The van der Waals surface area contributed by atoms with Gasteiger partial charge in [-0.1, -0.05) is 23.3 Å². The fourth-order valence-electron chi connectivity index (χ4n) is 2.45. The molecule has 0 aliphatic carbocycles. The maximum Gasteiger partial charge on any atom is 0.345 e. The first-order valence-electron chi connectivity index (χ1n) is 7.27. The number of hydrogen-bond acceptors (Lipinski definition) is 6. The van der Waals surface area contributed by atoms with Crippen molar-refractivity contribution in [2.24, 2.45) is 0 Å². The number of aromatic nitrogens is 4. The Labute approximate surface area is 136 Å². The monoisotopic (exact) mass is 320 g/mol. The average Bonchev–Trinajstić information content (AvgIpc) is 3.03. The topological polar surface area (TPSA) is 83.0 Å². The first-order valence-corrected chi connectivity index (χ1v) is 7.27. The van der Waals surface area contributed by atoms with E-state index in [1.165, 1.54) is 10.7 Å². The molecule has 4 rings (SSSR count). The molecule has 7 heteroatoms. The van der Waals surface area contributed by atoms with Crippen LogP contribution < -0.4 is 10.4 Å². The third-order valence-electron chi connectivity index (χ3n) is 3.57. The number of hydrogen-bond donors (Lipinski definition) is 0. The molecule has 0 aliphatic rings. The van der Waals surface area contributed by atoms with Crippen LogP contribution in [0.5, 0.6) is 11.8 Å². The van der Waals surface area contributed by atoms with Crippen LogP contribution in [0.3, 0.4) is 0 Å². The van der Waals surface area contributed by atoms with Crippen molar-refractivity contribution < 1.29 is 9.15 Å². The number of aryl methyl sites for hydroxylation is 1. The molecule has 0 saturated heterocycles. The summed E-state index contributed by atoms with van der Waals surface area (Å²) in [5.41, 5.74) is 1.69. The highest BCUT2D eigenvalue weighted by Gasteiger charge is 2.11. The minimum Gasteiger partial charge on any atom is -0.423 e. The van der Waals surface area contributed by atoms with E-state index in [9.17, 15) is 4.79 Å². The molecule has 0 N–H and O–H groups in total. The third kappa shape index (κ3) is 2.52. The number of rotatable bonds is 3. The molecule has 2 aromatic heterocycles. The van der Waals surface area contributed by atoms with Gasteiger partial charge in [0.1, 0.15) is 11.3 Å². The summed E-state index contributed by atoms with van der Waals surface area (Å²) in [6.07, 6.45) is 0. The summed E-state index contributed by atoms with van der Waals surface area (Å²) in [5.74, 6) is 0.475. The second-order valence-corrected chi connectivity index (χ2v) is 5.22. The molecular formula is C17H12N4O3. The second kappa shape index (κ2) is 5.62. The standard InChI is InChI=1S/C17H12N4O3/c1-11-9-16(22)24-15-10-13(7-8-14(11)15)23-17-18-19-20-21(17)12-5-3-2-4-6-12/h2-10H,1H3. The van der Waals surface area contributed by atoms with Crippen LogP contribution in [-0.2, 0) is 0 Å². The summed E-state index contributed by atoms with van der Waals surface area (Å²) in [4.78, 5) is 11.5. The Morgan fingerprint density at radius 2 is 1.92 bits per heavy atom. The average molecular weight is 320 g/mol. The van der Waals surface area contributed by atoms with Gasteiger partial charge in [-0.05, 0) is 47.2 Å². The van der Waals surface area contributed by atoms with Crippen LogP contribution >= 0.6 is 0 Å². The van der Waals surface area contributed by atoms with Crippen molar-refractivity contribution in [2.45, 2.75) is 6.92 Å². The van der Waals surface area contributed by atoms with Crippen LogP contribution in [0.15, 0.2) is 63.8 Å². The quantitative estimate of drug-likeness (QED) is 0.540. The van der Waals surface area contributed by atoms with E-state index in [1.54, 1.807) is 12.1 Å². The van der Waals surface area contributed by atoms with Crippen molar-refractivity contribution in [1.82, 2.24) is 20.2 Å². The van der Waals surface area contributed by atoms with Crippen LogP contribution in [-0.4, -0.2) is 20.2 Å². The molecule has 118 valence electrons. The van der Waals surface area contributed by atoms with E-state index in [0.717, 1.165) is 16.6 Å². The zero-order chi connectivity index (χ0) is 16.5. The summed E-state index contributed by atoms with van der Waals surface area (Å²) in [7, 11) is 0. The van der Waals surface area contributed by atoms with Crippen LogP contribution in [0.25, 0.3) is 16.7 Å². The van der Waals surface area contributed by atoms with Crippen molar-refractivity contribution >= 4 is 11.0 Å². The minimum absolute atomic E-state index is 0.218. The fourth-order valence-corrected chi connectivity index (χ4v) is 2.45. The Bertz CT molecular complexity index is 1070. The minimum atomic E-state index is -0.397. The van der Waals surface area contributed by atoms with Gasteiger partial charge in [-0.3, -0.25) is 0 Å². The molecule has 2 aromatic carbocycles. The number of tetrazole rings is 1. The number of nitrogens with zero attached hydrogens (tertiary/aromatic N) is 4. The zero-order valence-electron chi connectivity index (χ0n) is 12.7. The predicted molar refractivity (Wildman–Crippen MR) is 86.4 cm³/mol. The molecule has 0 fully saturated rings. The predicted octanol–water partition coefficient (Wildman–Crippen LogP) is 2.87. The van der Waals surface area contributed by atoms with Gasteiger partial charge in [-0.15, -0.1) is 0 Å². The highest BCUT2D eigenvalue weighted by atomic mass is 16.5. The zero-order valence-corrected chi connectivity index (χ0v) is 12.7. The number of ether oxygens (including phenoxy) is 1. The molecule has 4 aromatic rings. The van der Waals surface area contributed by atoms with Crippen molar-refractivity contribution in [3.63, 3.8) is 0 Å². The van der Waals surface area contributed by atoms with E-state index in [-0.39, 0.29) is 6.01 Å². The third-order valence-corrected chi connectivity index (χ3v) is 3.57. The highest BCUT2D eigenvalue weighted by molar-refractivity contribution is 5.81. The maximum absolute atomic E-state index is 11.5. The van der Waals surface area contributed by atoms with Gasteiger partial charge >= 0.3 is 11.6 Å². The van der Waals surface area contributed by atoms with Crippen LogP contribution in [0.4, 0.5) is 0 Å². The fraction of sp³-hybridized carbons (Fsp3) is 0.0588. The molecule has 0 atom stereocenters.